The number of nitrogens with zero attached hydrogens (tertiary/aromatic N) is 2. The van der Waals surface area contributed by atoms with Crippen LogP contribution in [-0.4, -0.2) is 36.0 Å². The van der Waals surface area contributed by atoms with Crippen molar-refractivity contribution in [2.24, 2.45) is 0 Å². The molecule has 0 amide bonds. The topological polar surface area (TPSA) is 81.1 Å². The molecule has 0 unspecified atom stereocenters. The fourth-order valence-electron chi connectivity index (χ4n) is 3.36. The number of nitrogens with one attached hydrogen (secondary N) is 1. The van der Waals surface area contributed by atoms with Crippen LogP contribution >= 0.6 is 23.4 Å². The van der Waals surface area contributed by atoms with Gasteiger partial charge in [0.2, 0.25) is 10.0 Å². The van der Waals surface area contributed by atoms with Crippen molar-refractivity contribution >= 4 is 44.3 Å². The highest BCUT2D eigenvalue weighted by Gasteiger charge is 2.22. The summed E-state index contributed by atoms with van der Waals surface area (Å²) in [5, 5.41) is 1.75. The first-order chi connectivity index (χ1) is 12.9. The molecule has 1 aliphatic rings. The molecule has 1 saturated carbocycles. The van der Waals surface area contributed by atoms with Gasteiger partial charge in [-0.25, -0.2) is 18.1 Å². The van der Waals surface area contributed by atoms with E-state index in [0.29, 0.717) is 33.4 Å². The van der Waals surface area contributed by atoms with Crippen LogP contribution in [0.15, 0.2) is 28.2 Å². The van der Waals surface area contributed by atoms with Crippen LogP contribution in [-0.2, 0) is 10.0 Å². The molecule has 3 rings (SSSR count). The lowest BCUT2D eigenvalue weighted by atomic mass is 9.95. The van der Waals surface area contributed by atoms with Crippen molar-refractivity contribution in [2.75, 3.05) is 18.1 Å². The Labute approximate surface area is 168 Å². The summed E-state index contributed by atoms with van der Waals surface area (Å²) < 4.78 is 27.5. The lowest BCUT2D eigenvalue weighted by Gasteiger charge is -2.26. The number of benzene rings is 1. The highest BCUT2D eigenvalue weighted by Crippen LogP contribution is 2.31. The summed E-state index contributed by atoms with van der Waals surface area (Å²) in [5.74, 6) is 0.557. The molecule has 1 heterocycles. The monoisotopic (exact) mass is 429 g/mol. The number of aromatic nitrogens is 2. The third-order valence-corrected chi connectivity index (χ3v) is 7.40. The van der Waals surface area contributed by atoms with Crippen LogP contribution in [0.1, 0.15) is 45.1 Å². The highest BCUT2D eigenvalue weighted by atomic mass is 35.5. The van der Waals surface area contributed by atoms with Crippen LogP contribution in [0.4, 0.5) is 0 Å². The summed E-state index contributed by atoms with van der Waals surface area (Å²) in [6.07, 6.45) is 5.35. The van der Waals surface area contributed by atoms with E-state index in [9.17, 15) is 13.2 Å². The molecule has 9 heteroatoms. The quantitative estimate of drug-likeness (QED) is 0.413. The molecule has 27 heavy (non-hydrogen) atoms. The predicted octanol–water partition coefficient (Wildman–Crippen LogP) is 3.59. The number of hydrogen-bond acceptors (Lipinski definition) is 5. The Balaban J connectivity index is 1.91. The minimum atomic E-state index is -3.22. The van der Waals surface area contributed by atoms with Crippen molar-refractivity contribution in [2.45, 2.75) is 50.2 Å². The summed E-state index contributed by atoms with van der Waals surface area (Å²) in [6.45, 7) is 1.90. The zero-order chi connectivity index (χ0) is 19.4. The van der Waals surface area contributed by atoms with E-state index in [4.69, 9.17) is 16.6 Å². The van der Waals surface area contributed by atoms with Crippen LogP contribution in [0.5, 0.6) is 0 Å². The summed E-state index contributed by atoms with van der Waals surface area (Å²) in [6, 6.07) is 5.29. The maximum absolute atomic E-state index is 13.2. The number of halogens is 1. The van der Waals surface area contributed by atoms with Gasteiger partial charge in [-0.15, -0.1) is 0 Å². The summed E-state index contributed by atoms with van der Waals surface area (Å²) in [4.78, 5) is 17.8. The molecule has 0 aliphatic heterocycles. The zero-order valence-electron chi connectivity index (χ0n) is 15.3. The molecule has 6 nitrogen and oxygen atoms in total. The summed E-state index contributed by atoms with van der Waals surface area (Å²) >= 11 is 7.48. The molecule has 1 N–H and O–H groups in total. The maximum Gasteiger partial charge on any atom is 0.262 e. The molecule has 1 aromatic carbocycles. The van der Waals surface area contributed by atoms with Gasteiger partial charge in [-0.05, 0) is 38.0 Å². The van der Waals surface area contributed by atoms with Crippen molar-refractivity contribution in [1.29, 1.82) is 0 Å². The molecular formula is C18H24ClN3O3S2. The summed E-state index contributed by atoms with van der Waals surface area (Å²) in [7, 11) is -3.22. The van der Waals surface area contributed by atoms with Gasteiger partial charge >= 0.3 is 0 Å². The molecule has 2 aromatic rings. The first-order valence-electron chi connectivity index (χ1n) is 9.23. The average molecular weight is 430 g/mol. The van der Waals surface area contributed by atoms with Crippen molar-refractivity contribution in [1.82, 2.24) is 14.3 Å². The van der Waals surface area contributed by atoms with Crippen LogP contribution < -0.4 is 10.3 Å². The Morgan fingerprint density at radius 3 is 2.74 bits per heavy atom. The Kier molecular flexibility index (Phi) is 6.83. The molecule has 0 spiro atoms. The van der Waals surface area contributed by atoms with E-state index in [2.05, 4.69) is 4.72 Å². The Hall–Kier alpha value is -1.09. The van der Waals surface area contributed by atoms with E-state index in [1.165, 1.54) is 18.2 Å². The van der Waals surface area contributed by atoms with E-state index >= 15 is 0 Å². The van der Waals surface area contributed by atoms with Crippen LogP contribution in [0.2, 0.25) is 5.02 Å². The van der Waals surface area contributed by atoms with Gasteiger partial charge in [-0.1, -0.05) is 42.6 Å². The first kappa shape index (κ1) is 20.6. The molecule has 1 aliphatic carbocycles. The van der Waals surface area contributed by atoms with Crippen LogP contribution in [0.3, 0.4) is 0 Å². The molecule has 1 fully saturated rings. The molecule has 1 aromatic heterocycles. The molecule has 0 radical (unpaired) electrons. The van der Waals surface area contributed by atoms with Crippen molar-refractivity contribution in [3.63, 3.8) is 0 Å². The number of thioether (sulfide) groups is 1. The van der Waals surface area contributed by atoms with Gasteiger partial charge in [-0.2, -0.15) is 0 Å². The molecule has 0 saturated heterocycles. The smallest absolute Gasteiger partial charge is 0.262 e. The highest BCUT2D eigenvalue weighted by molar-refractivity contribution is 7.99. The van der Waals surface area contributed by atoms with Crippen molar-refractivity contribution in [3.05, 3.63) is 33.6 Å². The number of hydrogen-bond donors (Lipinski definition) is 1. The third kappa shape index (κ3) is 5.04. The van der Waals surface area contributed by atoms with E-state index in [0.717, 1.165) is 25.7 Å². The average Bonchev–Trinajstić information content (AvgIpc) is 2.66. The maximum atomic E-state index is 13.2. The summed E-state index contributed by atoms with van der Waals surface area (Å²) in [5.41, 5.74) is 0.538. The Morgan fingerprint density at radius 2 is 2.04 bits per heavy atom. The number of rotatable bonds is 7. The Bertz CT molecular complexity index is 970. The van der Waals surface area contributed by atoms with E-state index in [-0.39, 0.29) is 17.4 Å². The molecular weight excluding hydrogens is 406 g/mol. The standard InChI is InChI=1S/C18H24ClN3O3S2/c1-2-27(24,25)20-10-11-26-18-21-16-12-13(19)8-9-15(16)17(23)22(18)14-6-4-3-5-7-14/h8-9,12,14,20H,2-7,10-11H2,1H3. The first-order valence-corrected chi connectivity index (χ1v) is 12.2. The van der Waals surface area contributed by atoms with E-state index < -0.39 is 10.0 Å². The molecule has 148 valence electrons. The SMILES string of the molecule is CCS(=O)(=O)NCCSc1nc2cc(Cl)ccc2c(=O)n1C1CCCCC1. The number of sulfonamides is 1. The fourth-order valence-corrected chi connectivity index (χ4v) is 5.19. The van der Waals surface area contributed by atoms with Crippen LogP contribution in [0, 0.1) is 0 Å². The second-order valence-corrected chi connectivity index (χ2v) is 10.3. The lowest BCUT2D eigenvalue weighted by molar-refractivity contribution is 0.326. The van der Waals surface area contributed by atoms with Gasteiger partial charge in [0.15, 0.2) is 5.16 Å². The van der Waals surface area contributed by atoms with E-state index in [1.807, 2.05) is 4.57 Å². The molecule has 0 bridgehead atoms. The van der Waals surface area contributed by atoms with Crippen molar-refractivity contribution < 1.29 is 8.42 Å². The van der Waals surface area contributed by atoms with E-state index in [1.54, 1.807) is 25.1 Å². The van der Waals surface area contributed by atoms with Gasteiger partial charge in [0.05, 0.1) is 16.7 Å². The fraction of sp³-hybridized carbons (Fsp3) is 0.556. The van der Waals surface area contributed by atoms with Gasteiger partial charge in [-0.3, -0.25) is 9.36 Å². The van der Waals surface area contributed by atoms with Crippen LogP contribution in [0.25, 0.3) is 10.9 Å². The van der Waals surface area contributed by atoms with Gasteiger partial charge < -0.3 is 0 Å². The Morgan fingerprint density at radius 1 is 1.30 bits per heavy atom. The minimum absolute atomic E-state index is 0.0415. The van der Waals surface area contributed by atoms with Gasteiger partial charge in [0, 0.05) is 23.4 Å². The third-order valence-electron chi connectivity index (χ3n) is 4.81. The van der Waals surface area contributed by atoms with Crippen molar-refractivity contribution in [3.8, 4) is 0 Å². The minimum Gasteiger partial charge on any atom is -0.284 e. The largest absolute Gasteiger partial charge is 0.284 e. The molecule has 0 atom stereocenters. The second-order valence-electron chi connectivity index (χ2n) is 6.67. The zero-order valence-corrected chi connectivity index (χ0v) is 17.7. The number of fused-ring (bicyclic) bond motifs is 1. The van der Waals surface area contributed by atoms with Gasteiger partial charge in [0.25, 0.3) is 5.56 Å². The second kappa shape index (κ2) is 8.94. The lowest BCUT2D eigenvalue weighted by Crippen LogP contribution is -2.30. The van der Waals surface area contributed by atoms with Gasteiger partial charge in [0.1, 0.15) is 0 Å². The normalized spacial score (nSPS) is 16.1. The predicted molar refractivity (Wildman–Crippen MR) is 111 cm³/mol.